The van der Waals surface area contributed by atoms with Crippen LogP contribution in [0.25, 0.3) is 0 Å². The van der Waals surface area contributed by atoms with Gasteiger partial charge in [0.25, 0.3) is 0 Å². The van der Waals surface area contributed by atoms with Gasteiger partial charge in [0.1, 0.15) is 7.28 Å². The van der Waals surface area contributed by atoms with E-state index in [1.807, 2.05) is 13.8 Å². The second-order valence-corrected chi connectivity index (χ2v) is 11.3. The summed E-state index contributed by atoms with van der Waals surface area (Å²) in [6.07, 6.45) is 1.13. The zero-order chi connectivity index (χ0) is 19.3. The molecule has 4 unspecified atom stereocenters. The van der Waals surface area contributed by atoms with Gasteiger partial charge in [-0.15, -0.1) is 0 Å². The van der Waals surface area contributed by atoms with Gasteiger partial charge in [-0.1, -0.05) is 82.8 Å². The minimum atomic E-state index is -0.240. The van der Waals surface area contributed by atoms with Gasteiger partial charge in [-0.05, 0) is 31.5 Å². The Labute approximate surface area is 170 Å². The maximum Gasteiger partial charge on any atom is 0.316 e. The predicted molar refractivity (Wildman–Crippen MR) is 120 cm³/mol. The van der Waals surface area contributed by atoms with Crippen LogP contribution in [0.3, 0.4) is 0 Å². The number of nitrogens with one attached hydrogen (secondary N) is 2. The standard InChI is InChI=1S/C18H37BIN2OS/c1-11(2)18(8,9)22-16(23)21-15(24)13(4)19-17(6,7)10-12(3)14(5)20/h11-15,24H,10H2,1-9H3,(H2,21,22,23). The monoisotopic (exact) mass is 467 g/mol. The summed E-state index contributed by atoms with van der Waals surface area (Å²) in [4.78, 5) is 12.2. The summed E-state index contributed by atoms with van der Waals surface area (Å²) in [6, 6.07) is -0.152. The molecular weight excluding hydrogens is 430 g/mol. The van der Waals surface area contributed by atoms with Crippen LogP contribution >= 0.6 is 35.2 Å². The highest BCUT2D eigenvalue weighted by molar-refractivity contribution is 14.1. The molecular formula is C18H37BIN2OS. The molecule has 0 bridgehead atoms. The molecule has 0 saturated carbocycles. The highest BCUT2D eigenvalue weighted by Crippen LogP contribution is 2.38. The van der Waals surface area contributed by atoms with Crippen molar-refractivity contribution in [2.75, 3.05) is 0 Å². The summed E-state index contributed by atoms with van der Waals surface area (Å²) in [6.45, 7) is 19.5. The Morgan fingerprint density at radius 1 is 1.12 bits per heavy atom. The topological polar surface area (TPSA) is 41.1 Å². The van der Waals surface area contributed by atoms with E-state index >= 15 is 0 Å². The van der Waals surface area contributed by atoms with Gasteiger partial charge < -0.3 is 10.6 Å². The van der Waals surface area contributed by atoms with E-state index in [1.54, 1.807) is 0 Å². The van der Waals surface area contributed by atoms with E-state index in [2.05, 4.69) is 102 Å². The quantitative estimate of drug-likeness (QED) is 0.135. The second kappa shape index (κ2) is 9.93. The highest BCUT2D eigenvalue weighted by Gasteiger charge is 2.30. The van der Waals surface area contributed by atoms with Crippen molar-refractivity contribution in [1.29, 1.82) is 0 Å². The van der Waals surface area contributed by atoms with Crippen LogP contribution in [0.5, 0.6) is 0 Å². The van der Waals surface area contributed by atoms with Crippen LogP contribution in [0, 0.1) is 11.8 Å². The molecule has 24 heavy (non-hydrogen) atoms. The normalized spacial score (nSPS) is 17.8. The van der Waals surface area contributed by atoms with E-state index in [0.717, 1.165) is 6.42 Å². The first kappa shape index (κ1) is 24.4. The molecule has 2 amide bonds. The molecule has 0 spiro atoms. The van der Waals surface area contributed by atoms with E-state index in [9.17, 15) is 4.79 Å². The predicted octanol–water partition coefficient (Wildman–Crippen LogP) is 5.54. The summed E-state index contributed by atoms with van der Waals surface area (Å²) in [5.74, 6) is 1.21. The maximum atomic E-state index is 12.2. The number of urea groups is 1. The van der Waals surface area contributed by atoms with Crippen molar-refractivity contribution in [3.63, 3.8) is 0 Å². The molecule has 2 N–H and O–H groups in total. The molecule has 0 aromatic carbocycles. The molecule has 0 fully saturated rings. The molecule has 1 radical (unpaired) electrons. The number of alkyl halides is 1. The van der Waals surface area contributed by atoms with Crippen molar-refractivity contribution in [3.05, 3.63) is 0 Å². The third kappa shape index (κ3) is 9.21. The lowest BCUT2D eigenvalue weighted by Crippen LogP contribution is -2.53. The Bertz CT molecular complexity index is 402. The number of carbonyl (C=O) groups is 1. The molecule has 0 rings (SSSR count). The lowest BCUT2D eigenvalue weighted by Gasteiger charge is -2.34. The van der Waals surface area contributed by atoms with Crippen molar-refractivity contribution < 1.29 is 4.79 Å². The van der Waals surface area contributed by atoms with Crippen LogP contribution < -0.4 is 10.6 Å². The summed E-state index contributed by atoms with van der Waals surface area (Å²) < 4.78 is 0.652. The van der Waals surface area contributed by atoms with E-state index in [1.165, 1.54) is 0 Å². The van der Waals surface area contributed by atoms with Crippen LogP contribution in [0.1, 0.15) is 68.7 Å². The largest absolute Gasteiger partial charge is 0.333 e. The first-order chi connectivity index (χ1) is 10.7. The fourth-order valence-electron chi connectivity index (χ4n) is 2.60. The van der Waals surface area contributed by atoms with E-state index in [0.29, 0.717) is 15.8 Å². The summed E-state index contributed by atoms with van der Waals surface area (Å²) >= 11 is 7.10. The average Bonchev–Trinajstić information content (AvgIpc) is 2.35. The van der Waals surface area contributed by atoms with Gasteiger partial charge in [0.05, 0.1) is 5.37 Å². The number of carbonyl (C=O) groups excluding carboxylic acids is 1. The number of amides is 2. The number of thiol groups is 1. The third-order valence-corrected chi connectivity index (χ3v) is 6.83. The fraction of sp³-hybridized carbons (Fsp3) is 0.944. The zero-order valence-corrected chi connectivity index (χ0v) is 20.0. The van der Waals surface area contributed by atoms with Gasteiger partial charge in [-0.2, -0.15) is 12.6 Å². The average molecular weight is 467 g/mol. The Hall–Kier alpha value is 0.415. The Morgan fingerprint density at radius 2 is 1.62 bits per heavy atom. The Morgan fingerprint density at radius 3 is 2.04 bits per heavy atom. The molecule has 4 atom stereocenters. The summed E-state index contributed by atoms with van der Waals surface area (Å²) in [5, 5.41) is 5.93. The van der Waals surface area contributed by atoms with Gasteiger partial charge in [0.15, 0.2) is 0 Å². The van der Waals surface area contributed by atoms with Gasteiger partial charge in [-0.3, -0.25) is 0 Å². The first-order valence-corrected chi connectivity index (χ1v) is 10.7. The molecule has 0 saturated heterocycles. The van der Waals surface area contributed by atoms with E-state index in [-0.39, 0.29) is 28.1 Å². The van der Waals surface area contributed by atoms with Gasteiger partial charge >= 0.3 is 6.03 Å². The van der Waals surface area contributed by atoms with Gasteiger partial charge in [0, 0.05) is 9.46 Å². The van der Waals surface area contributed by atoms with Crippen molar-refractivity contribution in [2.45, 2.75) is 94.7 Å². The van der Waals surface area contributed by atoms with Crippen LogP contribution in [-0.4, -0.2) is 28.1 Å². The molecule has 6 heteroatoms. The van der Waals surface area contributed by atoms with Gasteiger partial charge in [-0.25, -0.2) is 4.79 Å². The molecule has 0 aromatic rings. The summed E-state index contributed by atoms with van der Waals surface area (Å²) in [5.41, 5.74) is -0.240. The maximum absolute atomic E-state index is 12.2. The second-order valence-electron chi connectivity index (χ2n) is 8.79. The zero-order valence-electron chi connectivity index (χ0n) is 16.9. The van der Waals surface area contributed by atoms with Crippen LogP contribution in [0.4, 0.5) is 4.79 Å². The molecule has 0 aliphatic rings. The van der Waals surface area contributed by atoms with Crippen molar-refractivity contribution in [1.82, 2.24) is 10.6 Å². The van der Waals surface area contributed by atoms with Crippen molar-refractivity contribution in [2.24, 2.45) is 11.8 Å². The molecule has 0 aliphatic heterocycles. The minimum Gasteiger partial charge on any atom is -0.333 e. The van der Waals surface area contributed by atoms with Crippen molar-refractivity contribution in [3.8, 4) is 0 Å². The smallest absolute Gasteiger partial charge is 0.316 e. The fourth-order valence-corrected chi connectivity index (χ4v) is 3.06. The molecule has 0 aliphatic carbocycles. The number of hydrogen-bond acceptors (Lipinski definition) is 2. The number of hydrogen-bond donors (Lipinski definition) is 3. The molecule has 0 aromatic heterocycles. The molecule has 0 heterocycles. The number of halogens is 1. The highest BCUT2D eigenvalue weighted by atomic mass is 127. The lowest BCUT2D eigenvalue weighted by molar-refractivity contribution is 0.217. The first-order valence-electron chi connectivity index (χ1n) is 8.95. The van der Waals surface area contributed by atoms with Gasteiger partial charge in [0.2, 0.25) is 0 Å². The van der Waals surface area contributed by atoms with Crippen LogP contribution in [0.15, 0.2) is 0 Å². The van der Waals surface area contributed by atoms with Crippen LogP contribution in [0.2, 0.25) is 11.1 Å². The van der Waals surface area contributed by atoms with Crippen LogP contribution in [-0.2, 0) is 0 Å². The SMILES string of the molecule is CC(I)C(C)CC(C)(C)[B]C(C)C(S)NC(=O)NC(C)(C)C(C)C. The lowest BCUT2D eigenvalue weighted by atomic mass is 9.45. The molecule has 141 valence electrons. The minimum absolute atomic E-state index is 0.120. The van der Waals surface area contributed by atoms with E-state index < -0.39 is 0 Å². The van der Waals surface area contributed by atoms with E-state index in [4.69, 9.17) is 0 Å². The summed E-state index contributed by atoms with van der Waals surface area (Å²) in [7, 11) is 2.33. The Kier molecular flexibility index (Phi) is 10.1. The third-order valence-electron chi connectivity index (χ3n) is 5.00. The van der Waals surface area contributed by atoms with Crippen molar-refractivity contribution >= 4 is 48.5 Å². The Balaban J connectivity index is 4.56. The molecule has 3 nitrogen and oxygen atoms in total. The number of rotatable bonds is 9.